The third kappa shape index (κ3) is 2.62. The average Bonchev–Trinajstić information content (AvgIpc) is 2.31. The van der Waals surface area contributed by atoms with E-state index in [0.717, 1.165) is 5.92 Å². The fourth-order valence-electron chi connectivity index (χ4n) is 2.98. The van der Waals surface area contributed by atoms with Crippen LogP contribution in [-0.4, -0.2) is 18.1 Å². The van der Waals surface area contributed by atoms with Gasteiger partial charge in [-0.25, -0.2) is 0 Å². The van der Waals surface area contributed by atoms with Crippen LogP contribution in [0.5, 0.6) is 0 Å². The van der Waals surface area contributed by atoms with E-state index in [1.165, 1.54) is 31.5 Å². The first kappa shape index (κ1) is 11.6. The number of hydrogen-bond acceptors (Lipinski definition) is 2. The number of nitrogens with zero attached hydrogens (tertiary/aromatic N) is 1. The van der Waals surface area contributed by atoms with Crippen LogP contribution in [-0.2, 0) is 0 Å². The number of aromatic nitrogens is 1. The SMILES string of the molecule is CC(C)C(c1cccnc1)C1CCNCC1. The van der Waals surface area contributed by atoms with Crippen molar-refractivity contribution in [3.63, 3.8) is 0 Å². The minimum Gasteiger partial charge on any atom is -0.317 e. The first-order valence-corrected chi connectivity index (χ1v) is 6.39. The predicted octanol–water partition coefficient (Wildman–Crippen LogP) is 2.82. The Kier molecular flexibility index (Phi) is 3.94. The molecule has 1 N–H and O–H groups in total. The van der Waals surface area contributed by atoms with Crippen LogP contribution in [0, 0.1) is 11.8 Å². The standard InChI is InChI=1S/C14H22N2/c1-11(2)14(12-5-8-15-9-6-12)13-4-3-7-16-10-13/h3-4,7,10-12,14-15H,5-6,8-9H2,1-2H3. The summed E-state index contributed by atoms with van der Waals surface area (Å²) in [5.41, 5.74) is 1.42. The molecule has 1 aliphatic rings. The summed E-state index contributed by atoms with van der Waals surface area (Å²) in [6.45, 7) is 7.02. The Hall–Kier alpha value is -0.890. The number of nitrogens with one attached hydrogen (secondary N) is 1. The Bertz CT molecular complexity index is 302. The lowest BCUT2D eigenvalue weighted by Crippen LogP contribution is -2.32. The van der Waals surface area contributed by atoms with Crippen LogP contribution < -0.4 is 5.32 Å². The van der Waals surface area contributed by atoms with E-state index in [1.807, 2.05) is 12.4 Å². The van der Waals surface area contributed by atoms with E-state index in [-0.39, 0.29) is 0 Å². The van der Waals surface area contributed by atoms with Gasteiger partial charge >= 0.3 is 0 Å². The minimum atomic E-state index is 0.677. The van der Waals surface area contributed by atoms with Gasteiger partial charge in [0, 0.05) is 12.4 Å². The Morgan fingerprint density at radius 1 is 1.31 bits per heavy atom. The molecule has 2 heteroatoms. The second-order valence-electron chi connectivity index (χ2n) is 5.14. The molecule has 1 fully saturated rings. The molecule has 2 nitrogen and oxygen atoms in total. The lowest BCUT2D eigenvalue weighted by molar-refractivity contribution is 0.271. The topological polar surface area (TPSA) is 24.9 Å². The molecule has 0 aliphatic carbocycles. The van der Waals surface area contributed by atoms with Crippen molar-refractivity contribution in [1.82, 2.24) is 10.3 Å². The molecule has 1 unspecified atom stereocenters. The van der Waals surface area contributed by atoms with Crippen LogP contribution in [0.3, 0.4) is 0 Å². The largest absolute Gasteiger partial charge is 0.317 e. The fourth-order valence-corrected chi connectivity index (χ4v) is 2.98. The maximum Gasteiger partial charge on any atom is 0.0302 e. The number of hydrogen-bond donors (Lipinski definition) is 1. The Labute approximate surface area is 98.5 Å². The van der Waals surface area contributed by atoms with E-state index in [1.54, 1.807) is 0 Å². The van der Waals surface area contributed by atoms with Gasteiger partial charge in [-0.3, -0.25) is 4.98 Å². The highest BCUT2D eigenvalue weighted by molar-refractivity contribution is 5.16. The zero-order valence-electron chi connectivity index (χ0n) is 10.3. The molecule has 1 aliphatic heterocycles. The van der Waals surface area contributed by atoms with Crippen LogP contribution in [0.2, 0.25) is 0 Å². The number of pyridine rings is 1. The Balaban J connectivity index is 2.16. The highest BCUT2D eigenvalue weighted by atomic mass is 14.9. The molecule has 0 amide bonds. The predicted molar refractivity (Wildman–Crippen MR) is 67.4 cm³/mol. The molecule has 1 aromatic heterocycles. The van der Waals surface area contributed by atoms with Crippen molar-refractivity contribution in [2.45, 2.75) is 32.6 Å². The van der Waals surface area contributed by atoms with Crippen LogP contribution >= 0.6 is 0 Å². The molecule has 0 saturated carbocycles. The summed E-state index contributed by atoms with van der Waals surface area (Å²) in [6, 6.07) is 4.30. The summed E-state index contributed by atoms with van der Waals surface area (Å²) in [5, 5.41) is 3.44. The van der Waals surface area contributed by atoms with Crippen molar-refractivity contribution < 1.29 is 0 Å². The quantitative estimate of drug-likeness (QED) is 0.844. The third-order valence-electron chi connectivity index (χ3n) is 3.68. The van der Waals surface area contributed by atoms with E-state index in [4.69, 9.17) is 0 Å². The molecule has 0 spiro atoms. The van der Waals surface area contributed by atoms with Crippen molar-refractivity contribution in [2.75, 3.05) is 13.1 Å². The maximum atomic E-state index is 4.27. The zero-order valence-corrected chi connectivity index (χ0v) is 10.3. The monoisotopic (exact) mass is 218 g/mol. The Morgan fingerprint density at radius 3 is 2.62 bits per heavy atom. The third-order valence-corrected chi connectivity index (χ3v) is 3.68. The molecular formula is C14H22N2. The minimum absolute atomic E-state index is 0.677. The molecule has 2 heterocycles. The van der Waals surface area contributed by atoms with Crippen LogP contribution in [0.4, 0.5) is 0 Å². The summed E-state index contributed by atoms with van der Waals surface area (Å²) in [4.78, 5) is 4.27. The van der Waals surface area contributed by atoms with Gasteiger partial charge in [-0.05, 0) is 55.3 Å². The van der Waals surface area contributed by atoms with E-state index < -0.39 is 0 Å². The smallest absolute Gasteiger partial charge is 0.0302 e. The van der Waals surface area contributed by atoms with Gasteiger partial charge in [0.25, 0.3) is 0 Å². The molecule has 1 atom stereocenters. The molecule has 1 aromatic rings. The van der Waals surface area contributed by atoms with E-state index >= 15 is 0 Å². The molecular weight excluding hydrogens is 196 g/mol. The van der Waals surface area contributed by atoms with Crippen molar-refractivity contribution in [2.24, 2.45) is 11.8 Å². The Morgan fingerprint density at radius 2 is 2.06 bits per heavy atom. The van der Waals surface area contributed by atoms with Crippen molar-refractivity contribution in [3.8, 4) is 0 Å². The second-order valence-corrected chi connectivity index (χ2v) is 5.14. The van der Waals surface area contributed by atoms with Crippen LogP contribution in [0.25, 0.3) is 0 Å². The summed E-state index contributed by atoms with van der Waals surface area (Å²) in [6.07, 6.45) is 6.52. The van der Waals surface area contributed by atoms with Gasteiger partial charge in [0.15, 0.2) is 0 Å². The van der Waals surface area contributed by atoms with Gasteiger partial charge in [0.2, 0.25) is 0 Å². The van der Waals surface area contributed by atoms with E-state index in [9.17, 15) is 0 Å². The lowest BCUT2D eigenvalue weighted by Gasteiger charge is -2.33. The number of piperidine rings is 1. The van der Waals surface area contributed by atoms with Crippen LogP contribution in [0.15, 0.2) is 24.5 Å². The van der Waals surface area contributed by atoms with Gasteiger partial charge in [-0.15, -0.1) is 0 Å². The second kappa shape index (κ2) is 5.44. The van der Waals surface area contributed by atoms with Gasteiger partial charge in [-0.1, -0.05) is 19.9 Å². The molecule has 0 radical (unpaired) electrons. The van der Waals surface area contributed by atoms with Gasteiger partial charge in [0.05, 0.1) is 0 Å². The van der Waals surface area contributed by atoms with Gasteiger partial charge < -0.3 is 5.32 Å². The van der Waals surface area contributed by atoms with Gasteiger partial charge in [0.1, 0.15) is 0 Å². The summed E-state index contributed by atoms with van der Waals surface area (Å²) >= 11 is 0. The van der Waals surface area contributed by atoms with Crippen molar-refractivity contribution in [3.05, 3.63) is 30.1 Å². The lowest BCUT2D eigenvalue weighted by atomic mass is 9.75. The molecule has 88 valence electrons. The first-order chi connectivity index (χ1) is 7.79. The van der Waals surface area contributed by atoms with E-state index in [2.05, 4.69) is 36.3 Å². The molecule has 1 saturated heterocycles. The highest BCUT2D eigenvalue weighted by Crippen LogP contribution is 2.36. The summed E-state index contributed by atoms with van der Waals surface area (Å²) < 4.78 is 0. The normalized spacial score (nSPS) is 19.9. The molecule has 0 aromatic carbocycles. The summed E-state index contributed by atoms with van der Waals surface area (Å²) in [5.74, 6) is 2.20. The first-order valence-electron chi connectivity index (χ1n) is 6.39. The molecule has 2 rings (SSSR count). The van der Waals surface area contributed by atoms with Crippen molar-refractivity contribution >= 4 is 0 Å². The average molecular weight is 218 g/mol. The zero-order chi connectivity index (χ0) is 11.4. The number of rotatable bonds is 3. The van der Waals surface area contributed by atoms with Gasteiger partial charge in [-0.2, -0.15) is 0 Å². The highest BCUT2D eigenvalue weighted by Gasteiger charge is 2.27. The van der Waals surface area contributed by atoms with E-state index in [0.29, 0.717) is 11.8 Å². The summed E-state index contributed by atoms with van der Waals surface area (Å²) in [7, 11) is 0. The maximum absolute atomic E-state index is 4.27. The van der Waals surface area contributed by atoms with Crippen molar-refractivity contribution in [1.29, 1.82) is 0 Å². The molecule has 16 heavy (non-hydrogen) atoms. The van der Waals surface area contributed by atoms with Crippen LogP contribution in [0.1, 0.15) is 38.2 Å². The molecule has 0 bridgehead atoms. The fraction of sp³-hybridized carbons (Fsp3) is 0.643.